The van der Waals surface area contributed by atoms with Crippen molar-refractivity contribution in [3.63, 3.8) is 0 Å². The molecule has 0 spiro atoms. The molecule has 11 heteroatoms. The van der Waals surface area contributed by atoms with Crippen molar-refractivity contribution in [3.8, 4) is 0 Å². The van der Waals surface area contributed by atoms with Crippen LogP contribution in [0.5, 0.6) is 0 Å². The van der Waals surface area contributed by atoms with Crippen LogP contribution in [-0.4, -0.2) is 73.6 Å². The van der Waals surface area contributed by atoms with Gasteiger partial charge >= 0.3 is 11.9 Å². The molecule has 0 aliphatic carbocycles. The maximum absolute atomic E-state index is 13.1. The number of rotatable bonds is 7. The highest BCUT2D eigenvalue weighted by Crippen LogP contribution is 2.31. The van der Waals surface area contributed by atoms with Gasteiger partial charge in [-0.05, 0) is 42.5 Å². The zero-order valence-corrected chi connectivity index (χ0v) is 18.9. The van der Waals surface area contributed by atoms with Gasteiger partial charge in [-0.2, -0.15) is 0 Å². The van der Waals surface area contributed by atoms with E-state index in [0.717, 1.165) is 4.90 Å². The van der Waals surface area contributed by atoms with E-state index in [4.69, 9.17) is 4.74 Å². The summed E-state index contributed by atoms with van der Waals surface area (Å²) in [6.07, 6.45) is 0. The second-order valence-electron chi connectivity index (χ2n) is 7.66. The number of aliphatic hydroxyl groups excluding tert-OH is 1. The van der Waals surface area contributed by atoms with Gasteiger partial charge in [-0.3, -0.25) is 14.4 Å². The van der Waals surface area contributed by atoms with Gasteiger partial charge < -0.3 is 24.8 Å². The van der Waals surface area contributed by atoms with Gasteiger partial charge in [-0.15, -0.1) is 0 Å². The van der Waals surface area contributed by atoms with E-state index in [0.29, 0.717) is 5.69 Å². The molecule has 11 nitrogen and oxygen atoms in total. The van der Waals surface area contributed by atoms with E-state index in [1.807, 2.05) is 0 Å². The van der Waals surface area contributed by atoms with Crippen molar-refractivity contribution in [1.29, 1.82) is 0 Å². The van der Waals surface area contributed by atoms with Crippen LogP contribution in [0.4, 0.5) is 11.4 Å². The number of nitrogens with zero attached hydrogens (tertiary/aromatic N) is 2. The van der Waals surface area contributed by atoms with Crippen LogP contribution >= 0.6 is 0 Å². The lowest BCUT2D eigenvalue weighted by Crippen LogP contribution is -2.31. The lowest BCUT2D eigenvalue weighted by molar-refractivity contribution is -0.136. The topological polar surface area (TPSA) is 143 Å². The second-order valence-corrected chi connectivity index (χ2v) is 7.66. The summed E-state index contributed by atoms with van der Waals surface area (Å²) >= 11 is 0. The molecule has 2 aromatic carbocycles. The number of ether oxygens (including phenoxy) is 2. The van der Waals surface area contributed by atoms with Crippen LogP contribution in [0.15, 0.2) is 53.7 Å². The normalized spacial score (nSPS) is 15.0. The molecule has 0 radical (unpaired) electrons. The number of β-amino-alcohol motifs (C(OH)–C–C–N with tert-alkyl or cyclic N) is 1. The molecule has 2 aromatic rings. The number of methoxy groups -OCH3 is 2. The van der Waals surface area contributed by atoms with Crippen molar-refractivity contribution >= 4 is 41.0 Å². The molecular weight excluding hydrogens is 458 g/mol. The number of aliphatic hydroxyl groups is 1. The zero-order chi connectivity index (χ0) is 25.3. The summed E-state index contributed by atoms with van der Waals surface area (Å²) in [6.45, 7) is -0.281. The summed E-state index contributed by atoms with van der Waals surface area (Å²) in [5, 5.41) is 12.1. The van der Waals surface area contributed by atoms with Crippen molar-refractivity contribution in [2.45, 2.75) is 0 Å². The van der Waals surface area contributed by atoms with Gasteiger partial charge in [0.25, 0.3) is 17.7 Å². The van der Waals surface area contributed by atoms with Crippen LogP contribution in [-0.2, 0) is 19.1 Å². The van der Waals surface area contributed by atoms with Crippen LogP contribution in [0.1, 0.15) is 31.1 Å². The highest BCUT2D eigenvalue weighted by Gasteiger charge is 2.38. The minimum absolute atomic E-state index is 0.0303. The fourth-order valence-electron chi connectivity index (χ4n) is 3.91. The molecule has 0 atom stereocenters. The Labute approximate surface area is 199 Å². The lowest BCUT2D eigenvalue weighted by Gasteiger charge is -2.15. The van der Waals surface area contributed by atoms with Gasteiger partial charge in [0.15, 0.2) is 0 Å². The molecule has 4 rings (SSSR count). The molecule has 180 valence electrons. The number of nitrogens with one attached hydrogen (secondary N) is 1. The molecule has 35 heavy (non-hydrogen) atoms. The first-order valence-electron chi connectivity index (χ1n) is 10.5. The number of carbonyl (C=O) groups is 5. The Morgan fingerprint density at radius 2 is 1.57 bits per heavy atom. The maximum atomic E-state index is 13.1. The summed E-state index contributed by atoms with van der Waals surface area (Å²) < 4.78 is 9.42. The Morgan fingerprint density at radius 1 is 0.914 bits per heavy atom. The third-order valence-corrected chi connectivity index (χ3v) is 5.66. The first kappa shape index (κ1) is 23.6. The Kier molecular flexibility index (Phi) is 6.34. The molecule has 0 saturated carbocycles. The van der Waals surface area contributed by atoms with E-state index in [1.165, 1.54) is 61.6 Å². The molecular formula is C24H21N3O8. The van der Waals surface area contributed by atoms with Gasteiger partial charge in [-0.25, -0.2) is 14.5 Å². The summed E-state index contributed by atoms with van der Waals surface area (Å²) in [6, 6.07) is 10.2. The first-order valence-corrected chi connectivity index (χ1v) is 10.5. The molecule has 2 N–H and O–H groups in total. The largest absolute Gasteiger partial charge is 0.466 e. The number of carbonyl (C=O) groups excluding carboxylic acids is 5. The maximum Gasteiger partial charge on any atom is 0.337 e. The molecule has 0 unspecified atom stereocenters. The second kappa shape index (κ2) is 9.39. The molecule has 0 saturated heterocycles. The number of hydrogen-bond acceptors (Lipinski definition) is 9. The molecule has 3 amide bonds. The number of hydrogen-bond donors (Lipinski definition) is 2. The van der Waals surface area contributed by atoms with Gasteiger partial charge in [-0.1, -0.05) is 0 Å². The standard InChI is InChI=1S/C24H21N3O8/c1-34-23(32)13-3-6-15(7-4-13)27-20(29)16-8-5-14(11-17(16)21(27)30)25-19-18(24(33)35-2)12-26(9-10-28)22(19)31/h3-8,11,25,28H,9-10,12H2,1-2H3. The Hall–Kier alpha value is -4.51. The number of esters is 2. The molecule has 2 aliphatic rings. The third-order valence-electron chi connectivity index (χ3n) is 5.66. The smallest absolute Gasteiger partial charge is 0.337 e. The SMILES string of the molecule is COC(=O)C1=C(Nc2ccc3c(c2)C(=O)N(c2ccc(C(=O)OC)cc2)C3=O)C(=O)N(CCO)C1. The highest BCUT2D eigenvalue weighted by atomic mass is 16.5. The minimum Gasteiger partial charge on any atom is -0.466 e. The van der Waals surface area contributed by atoms with Crippen LogP contribution < -0.4 is 10.2 Å². The summed E-state index contributed by atoms with van der Waals surface area (Å²) in [5.74, 6) is -2.87. The number of benzene rings is 2. The highest BCUT2D eigenvalue weighted by molar-refractivity contribution is 6.34. The van der Waals surface area contributed by atoms with Crippen LogP contribution in [0.2, 0.25) is 0 Å². The van der Waals surface area contributed by atoms with E-state index in [-0.39, 0.29) is 53.3 Å². The fourth-order valence-corrected chi connectivity index (χ4v) is 3.91. The third kappa shape index (κ3) is 4.13. The van der Waals surface area contributed by atoms with E-state index in [1.54, 1.807) is 0 Å². The van der Waals surface area contributed by atoms with E-state index in [9.17, 15) is 29.1 Å². The Morgan fingerprint density at radius 3 is 2.20 bits per heavy atom. The summed E-state index contributed by atoms with van der Waals surface area (Å²) in [5.41, 5.74) is 1.18. The van der Waals surface area contributed by atoms with Crippen LogP contribution in [0.25, 0.3) is 0 Å². The van der Waals surface area contributed by atoms with Crippen LogP contribution in [0.3, 0.4) is 0 Å². The lowest BCUT2D eigenvalue weighted by atomic mass is 10.1. The van der Waals surface area contributed by atoms with Gasteiger partial charge in [0, 0.05) is 12.2 Å². The number of anilines is 2. The van der Waals surface area contributed by atoms with E-state index in [2.05, 4.69) is 10.1 Å². The van der Waals surface area contributed by atoms with Crippen molar-refractivity contribution in [2.24, 2.45) is 0 Å². The van der Waals surface area contributed by atoms with Gasteiger partial charge in [0.1, 0.15) is 5.70 Å². The first-order chi connectivity index (χ1) is 16.8. The molecule has 0 aromatic heterocycles. The predicted octanol–water partition coefficient (Wildman–Crippen LogP) is 0.947. The molecule has 2 aliphatic heterocycles. The molecule has 2 heterocycles. The molecule has 0 bridgehead atoms. The number of fused-ring (bicyclic) bond motifs is 1. The van der Waals surface area contributed by atoms with E-state index < -0.39 is 29.7 Å². The fraction of sp³-hybridized carbons (Fsp3) is 0.208. The van der Waals surface area contributed by atoms with E-state index >= 15 is 0 Å². The quantitative estimate of drug-likeness (QED) is 0.438. The monoisotopic (exact) mass is 479 g/mol. The van der Waals surface area contributed by atoms with Crippen molar-refractivity contribution in [3.05, 3.63) is 70.4 Å². The predicted molar refractivity (Wildman–Crippen MR) is 122 cm³/mol. The average Bonchev–Trinajstić information content (AvgIpc) is 3.31. The molecule has 0 fully saturated rings. The summed E-state index contributed by atoms with van der Waals surface area (Å²) in [4.78, 5) is 64.9. The van der Waals surface area contributed by atoms with Crippen LogP contribution in [0, 0.1) is 0 Å². The zero-order valence-electron chi connectivity index (χ0n) is 18.9. The number of imide groups is 1. The van der Waals surface area contributed by atoms with Crippen molar-refractivity contribution in [2.75, 3.05) is 44.1 Å². The Balaban J connectivity index is 1.62. The Bertz CT molecular complexity index is 1280. The minimum atomic E-state index is -0.699. The van der Waals surface area contributed by atoms with Gasteiger partial charge in [0.2, 0.25) is 0 Å². The number of amides is 3. The van der Waals surface area contributed by atoms with Crippen molar-refractivity contribution in [1.82, 2.24) is 4.90 Å². The summed E-state index contributed by atoms with van der Waals surface area (Å²) in [7, 11) is 2.44. The van der Waals surface area contributed by atoms with Crippen molar-refractivity contribution < 1.29 is 38.6 Å². The average molecular weight is 479 g/mol. The van der Waals surface area contributed by atoms with Gasteiger partial charge in [0.05, 0.1) is 55.3 Å².